The van der Waals surface area contributed by atoms with Crippen LogP contribution in [0.1, 0.15) is 71.1 Å². The van der Waals surface area contributed by atoms with Crippen molar-refractivity contribution in [1.82, 2.24) is 0 Å². The first-order valence-corrected chi connectivity index (χ1v) is 9.90. The van der Waals surface area contributed by atoms with E-state index in [0.29, 0.717) is 19.3 Å². The number of unbranched alkanes of at least 4 members (excludes halogenated alkanes) is 9. The third-order valence-electron chi connectivity index (χ3n) is 3.47. The van der Waals surface area contributed by atoms with E-state index in [9.17, 15) is 4.57 Å². The van der Waals surface area contributed by atoms with Gasteiger partial charge in [0, 0.05) is 13.7 Å². The van der Waals surface area contributed by atoms with E-state index in [0.717, 1.165) is 12.8 Å². The van der Waals surface area contributed by atoms with Crippen LogP contribution in [0.4, 0.5) is 0 Å². The first kappa shape index (κ1) is 24.4. The zero-order chi connectivity index (χ0) is 15.1. The summed E-state index contributed by atoms with van der Waals surface area (Å²) in [5, 5.41) is 0. The van der Waals surface area contributed by atoms with Crippen LogP contribution in [0.25, 0.3) is 0 Å². The summed E-state index contributed by atoms with van der Waals surface area (Å²) in [5.74, 6) is 0. The molecule has 0 radical (unpaired) electrons. The molecule has 4 nitrogen and oxygen atoms in total. The van der Waals surface area contributed by atoms with Crippen molar-refractivity contribution in [3.05, 3.63) is 0 Å². The zero-order valence-corrected chi connectivity index (χ0v) is 14.3. The molecule has 0 aromatic carbocycles. The third kappa shape index (κ3) is 15.8. The van der Waals surface area contributed by atoms with Crippen molar-refractivity contribution < 1.29 is 13.6 Å². The molecule has 0 aliphatic rings. The predicted octanol–water partition coefficient (Wildman–Crippen LogP) is 4.07. The maximum absolute atomic E-state index is 12.1. The minimum atomic E-state index is -2.87. The molecule has 0 fully saturated rings. The average molecular weight is 331 g/mol. The Hall–Kier alpha value is 1.11. The molecular formula is C15H35NNaO3P. The van der Waals surface area contributed by atoms with E-state index in [4.69, 9.17) is 14.8 Å². The van der Waals surface area contributed by atoms with Crippen LogP contribution in [-0.4, -0.2) is 56.0 Å². The molecule has 6 heteroatoms. The van der Waals surface area contributed by atoms with Gasteiger partial charge < -0.3 is 14.8 Å². The molecule has 0 aromatic rings. The number of rotatable bonds is 15. The van der Waals surface area contributed by atoms with Gasteiger partial charge in [0.25, 0.3) is 0 Å². The standard InChI is InChI=1S/C15H34NO3P.Na.H/c1-3-4-5-6-7-8-9-10-11-12-15-20(17,18-2)19-14-13-16;;/h3-16H2,1-2H3;;. The van der Waals surface area contributed by atoms with Crippen LogP contribution in [0.2, 0.25) is 0 Å². The first-order chi connectivity index (χ1) is 9.68. The molecule has 2 N–H and O–H groups in total. The van der Waals surface area contributed by atoms with Crippen LogP contribution in [-0.2, 0) is 13.6 Å². The van der Waals surface area contributed by atoms with Gasteiger partial charge in [-0.2, -0.15) is 0 Å². The number of hydrogen-bond donors (Lipinski definition) is 1. The minimum absolute atomic E-state index is 0. The van der Waals surface area contributed by atoms with Gasteiger partial charge in [-0.15, -0.1) is 0 Å². The van der Waals surface area contributed by atoms with Gasteiger partial charge in [0.05, 0.1) is 12.8 Å². The Morgan fingerprint density at radius 3 is 1.81 bits per heavy atom. The van der Waals surface area contributed by atoms with Crippen LogP contribution in [0.15, 0.2) is 0 Å². The van der Waals surface area contributed by atoms with E-state index in [2.05, 4.69) is 6.92 Å². The first-order valence-electron chi connectivity index (χ1n) is 8.18. The maximum atomic E-state index is 12.1. The second-order valence-electron chi connectivity index (χ2n) is 5.32. The van der Waals surface area contributed by atoms with Crippen LogP contribution in [0.3, 0.4) is 0 Å². The summed E-state index contributed by atoms with van der Waals surface area (Å²) in [6.45, 7) is 2.93. The molecule has 1 unspecified atom stereocenters. The summed E-state index contributed by atoms with van der Waals surface area (Å²) in [5.41, 5.74) is 5.34. The van der Waals surface area contributed by atoms with Crippen LogP contribution < -0.4 is 5.73 Å². The normalized spacial score (nSPS) is 13.7. The molecule has 0 saturated heterocycles. The summed E-state index contributed by atoms with van der Waals surface area (Å²) < 4.78 is 22.3. The van der Waals surface area contributed by atoms with Gasteiger partial charge in [0.15, 0.2) is 0 Å². The van der Waals surface area contributed by atoms with Crippen molar-refractivity contribution in [3.63, 3.8) is 0 Å². The van der Waals surface area contributed by atoms with E-state index in [-0.39, 0.29) is 29.6 Å². The number of hydrogen-bond acceptors (Lipinski definition) is 4. The van der Waals surface area contributed by atoms with Crippen LogP contribution >= 0.6 is 7.60 Å². The van der Waals surface area contributed by atoms with Crippen molar-refractivity contribution in [1.29, 1.82) is 0 Å². The van der Waals surface area contributed by atoms with Crippen LogP contribution in [0, 0.1) is 0 Å². The molecule has 124 valence electrons. The van der Waals surface area contributed by atoms with E-state index < -0.39 is 7.60 Å². The third-order valence-corrected chi connectivity index (χ3v) is 5.47. The molecule has 1 atom stereocenters. The van der Waals surface area contributed by atoms with Gasteiger partial charge in [-0.1, -0.05) is 64.7 Å². The van der Waals surface area contributed by atoms with Crippen molar-refractivity contribution in [2.24, 2.45) is 5.73 Å². The van der Waals surface area contributed by atoms with E-state index in [1.807, 2.05) is 0 Å². The van der Waals surface area contributed by atoms with E-state index >= 15 is 0 Å². The number of nitrogens with two attached hydrogens (primary N) is 1. The molecule has 0 saturated carbocycles. The van der Waals surface area contributed by atoms with Gasteiger partial charge >= 0.3 is 37.2 Å². The molecule has 0 rings (SSSR count). The fraction of sp³-hybridized carbons (Fsp3) is 1.00. The van der Waals surface area contributed by atoms with Crippen molar-refractivity contribution in [3.8, 4) is 0 Å². The predicted molar refractivity (Wildman–Crippen MR) is 93.5 cm³/mol. The Kier molecular flexibility index (Phi) is 20.3. The topological polar surface area (TPSA) is 61.5 Å². The Balaban J connectivity index is 0. The van der Waals surface area contributed by atoms with Crippen LogP contribution in [0.5, 0.6) is 0 Å². The monoisotopic (exact) mass is 331 g/mol. The van der Waals surface area contributed by atoms with Gasteiger partial charge in [-0.05, 0) is 6.42 Å². The Labute approximate surface area is 153 Å². The molecule has 0 aliphatic carbocycles. The Morgan fingerprint density at radius 1 is 0.905 bits per heavy atom. The molecular weight excluding hydrogens is 296 g/mol. The van der Waals surface area contributed by atoms with Crippen molar-refractivity contribution in [2.75, 3.05) is 26.4 Å². The zero-order valence-electron chi connectivity index (χ0n) is 13.4. The summed E-state index contributed by atoms with van der Waals surface area (Å²) in [7, 11) is -1.42. The molecule has 0 aromatic heterocycles. The quantitative estimate of drug-likeness (QED) is 0.279. The van der Waals surface area contributed by atoms with Crippen molar-refractivity contribution in [2.45, 2.75) is 71.1 Å². The summed E-state index contributed by atoms with van der Waals surface area (Å²) in [4.78, 5) is 0. The fourth-order valence-corrected chi connectivity index (χ4v) is 3.60. The fourth-order valence-electron chi connectivity index (χ4n) is 2.19. The van der Waals surface area contributed by atoms with E-state index in [1.54, 1.807) is 0 Å². The van der Waals surface area contributed by atoms with Crippen molar-refractivity contribution >= 4 is 37.2 Å². The molecule has 21 heavy (non-hydrogen) atoms. The van der Waals surface area contributed by atoms with Gasteiger partial charge in [0.1, 0.15) is 0 Å². The Morgan fingerprint density at radius 2 is 1.38 bits per heavy atom. The molecule has 0 heterocycles. The van der Waals surface area contributed by atoms with Gasteiger partial charge in [-0.3, -0.25) is 4.57 Å². The summed E-state index contributed by atoms with van der Waals surface area (Å²) in [6.07, 6.45) is 13.2. The van der Waals surface area contributed by atoms with Gasteiger partial charge in [0.2, 0.25) is 0 Å². The van der Waals surface area contributed by atoms with E-state index in [1.165, 1.54) is 58.5 Å². The summed E-state index contributed by atoms with van der Waals surface area (Å²) in [6, 6.07) is 0. The second-order valence-corrected chi connectivity index (χ2v) is 7.61. The van der Waals surface area contributed by atoms with Gasteiger partial charge in [-0.25, -0.2) is 0 Å². The Bertz CT molecular complexity index is 255. The average Bonchev–Trinajstić information content (AvgIpc) is 2.47. The molecule has 0 bridgehead atoms. The molecule has 0 amide bonds. The molecule has 0 spiro atoms. The summed E-state index contributed by atoms with van der Waals surface area (Å²) >= 11 is 0. The molecule has 0 aliphatic heterocycles. The second kappa shape index (κ2) is 17.5. The SMILES string of the molecule is CCCCCCCCCCCCP(=O)(OC)OCCN.[NaH].